The maximum Gasteiger partial charge on any atom is 0.239 e. The van der Waals surface area contributed by atoms with Gasteiger partial charge in [0.1, 0.15) is 0 Å². The molecule has 3 nitrogen and oxygen atoms in total. The second kappa shape index (κ2) is 7.76. The Morgan fingerprint density at radius 1 is 1.00 bits per heavy atom. The van der Waals surface area contributed by atoms with E-state index in [4.69, 9.17) is 24.4 Å². The summed E-state index contributed by atoms with van der Waals surface area (Å²) in [5.41, 5.74) is 2.85. The van der Waals surface area contributed by atoms with Crippen LogP contribution in [0.5, 0.6) is 0 Å². The van der Waals surface area contributed by atoms with Crippen molar-refractivity contribution in [2.45, 2.75) is 6.10 Å². The van der Waals surface area contributed by atoms with Gasteiger partial charge < -0.3 is 10.1 Å². The quantitative estimate of drug-likeness (QED) is 0.549. The number of para-hydroxylation sites is 2. The number of imidazole rings is 1. The Kier molecular flexibility index (Phi) is 6.00. The molecule has 2 aromatic carbocycles. The molecule has 0 aliphatic carbocycles. The molecule has 0 aliphatic heterocycles. The first kappa shape index (κ1) is 15.5. The van der Waals surface area contributed by atoms with Gasteiger partial charge in [-0.15, -0.1) is 0 Å². The van der Waals surface area contributed by atoms with E-state index in [1.165, 1.54) is 0 Å². The Balaban J connectivity index is 0.000000452. The maximum absolute atomic E-state index is 8.19. The van der Waals surface area contributed by atoms with Gasteiger partial charge in [-0.1, -0.05) is 42.5 Å². The number of hydrogen-bond donors (Lipinski definition) is 1. The van der Waals surface area contributed by atoms with Gasteiger partial charge in [0.2, 0.25) is 6.10 Å². The van der Waals surface area contributed by atoms with Crippen LogP contribution in [0, 0.1) is 0 Å². The van der Waals surface area contributed by atoms with Crippen LogP contribution in [0.3, 0.4) is 0 Å². The fourth-order valence-corrected chi connectivity index (χ4v) is 1.91. The summed E-state index contributed by atoms with van der Waals surface area (Å²) in [4.78, 5) is 7.64. The normalized spacial score (nSPS) is 11.6. The van der Waals surface area contributed by atoms with Crippen LogP contribution in [0.1, 0.15) is 17.5 Å². The number of rotatable bonds is 2. The molecule has 3 aromatic rings. The van der Waals surface area contributed by atoms with Gasteiger partial charge in [-0.05, 0) is 12.1 Å². The van der Waals surface area contributed by atoms with Crippen LogP contribution in [0.15, 0.2) is 54.6 Å². The van der Waals surface area contributed by atoms with Crippen molar-refractivity contribution in [2.24, 2.45) is 0 Å². The SMILES string of the molecule is [Cl][Ga][Cl].[OH2+]C(c1ccccc1)c1nc2ccccc2[nH]1. The summed E-state index contributed by atoms with van der Waals surface area (Å²) in [6, 6.07) is 17.6. The van der Waals surface area contributed by atoms with Crippen molar-refractivity contribution in [2.75, 3.05) is 0 Å². The predicted molar refractivity (Wildman–Crippen MR) is 85.5 cm³/mol. The van der Waals surface area contributed by atoms with E-state index in [9.17, 15) is 0 Å². The van der Waals surface area contributed by atoms with Crippen molar-refractivity contribution in [1.29, 1.82) is 0 Å². The van der Waals surface area contributed by atoms with E-state index in [2.05, 4.69) is 9.97 Å². The zero-order valence-corrected chi connectivity index (χ0v) is 14.5. The van der Waals surface area contributed by atoms with Crippen LogP contribution in [0.4, 0.5) is 0 Å². The second-order valence-corrected chi connectivity index (χ2v) is 7.84. The van der Waals surface area contributed by atoms with Gasteiger partial charge in [0.15, 0.2) is 5.82 Å². The van der Waals surface area contributed by atoms with Crippen LogP contribution in [0.25, 0.3) is 11.0 Å². The third-order valence-corrected chi connectivity index (χ3v) is 2.81. The maximum atomic E-state index is 8.19. The van der Waals surface area contributed by atoms with Crippen LogP contribution in [-0.4, -0.2) is 30.5 Å². The van der Waals surface area contributed by atoms with E-state index in [0.717, 1.165) is 16.6 Å². The molecule has 3 rings (SSSR count). The number of fused-ring (bicyclic) bond motifs is 1. The number of benzene rings is 2. The Morgan fingerprint density at radius 3 is 2.25 bits per heavy atom. The summed E-state index contributed by atoms with van der Waals surface area (Å²) in [6.07, 6.45) is -0.455. The van der Waals surface area contributed by atoms with E-state index in [0.29, 0.717) is 5.82 Å². The smallest absolute Gasteiger partial charge is 0.239 e. The first-order valence-electron chi connectivity index (χ1n) is 5.99. The molecule has 0 amide bonds. The monoisotopic (exact) mass is 364 g/mol. The molecule has 1 radical (unpaired) electrons. The summed E-state index contributed by atoms with van der Waals surface area (Å²) in [5, 5.41) is 8.19. The number of aromatic nitrogens is 2. The number of halogens is 2. The molecule has 0 bridgehead atoms. The number of H-pyrrole nitrogens is 1. The molecule has 1 atom stereocenters. The minimum atomic E-state index is -0.743. The minimum Gasteiger partial charge on any atom is -0.434 e. The van der Waals surface area contributed by atoms with E-state index < -0.39 is 21.5 Å². The van der Waals surface area contributed by atoms with Crippen molar-refractivity contribution in [3.8, 4) is 0 Å². The largest absolute Gasteiger partial charge is 0.434 e. The van der Waals surface area contributed by atoms with Crippen LogP contribution >= 0.6 is 19.3 Å². The zero-order valence-electron chi connectivity index (χ0n) is 10.6. The average molecular weight is 366 g/mol. The molecule has 0 spiro atoms. The third kappa shape index (κ3) is 3.81. The molecule has 0 aliphatic rings. The average Bonchev–Trinajstić information content (AvgIpc) is 2.92. The number of aromatic amines is 1. The number of nitrogens with zero attached hydrogens (tertiary/aromatic N) is 1. The molecule has 0 saturated carbocycles. The van der Waals surface area contributed by atoms with E-state index in [1.807, 2.05) is 54.6 Å². The summed E-state index contributed by atoms with van der Waals surface area (Å²) < 4.78 is 0. The van der Waals surface area contributed by atoms with Crippen molar-refractivity contribution >= 4 is 45.7 Å². The van der Waals surface area contributed by atoms with Gasteiger partial charge in [-0.2, -0.15) is 0 Å². The van der Waals surface area contributed by atoms with Crippen molar-refractivity contribution in [3.05, 3.63) is 66.0 Å². The minimum absolute atomic E-state index is 0.455. The molecular formula is C14H13Cl2GaN2O+. The first-order chi connectivity index (χ1) is 9.76. The van der Waals surface area contributed by atoms with Crippen LogP contribution in [0.2, 0.25) is 0 Å². The van der Waals surface area contributed by atoms with Gasteiger partial charge >= 0.3 is 34.7 Å². The zero-order chi connectivity index (χ0) is 14.4. The molecule has 1 aromatic heterocycles. The molecule has 6 heteroatoms. The topological polar surface area (TPSA) is 51.6 Å². The molecule has 1 heterocycles. The van der Waals surface area contributed by atoms with E-state index in [1.54, 1.807) is 0 Å². The summed E-state index contributed by atoms with van der Waals surface area (Å²) in [6.45, 7) is 0. The molecule has 0 fully saturated rings. The Labute approximate surface area is 132 Å². The van der Waals surface area contributed by atoms with Crippen LogP contribution in [-0.2, 0) is 0 Å². The summed E-state index contributed by atoms with van der Waals surface area (Å²) >= 11 is -0.743. The fraction of sp³-hybridized carbons (Fsp3) is 0.0714. The Hall–Kier alpha value is -0.914. The van der Waals surface area contributed by atoms with Gasteiger partial charge in [-0.25, -0.2) is 4.98 Å². The van der Waals surface area contributed by atoms with Crippen molar-refractivity contribution < 1.29 is 5.11 Å². The van der Waals surface area contributed by atoms with Gasteiger partial charge in [-0.3, -0.25) is 0 Å². The van der Waals surface area contributed by atoms with Gasteiger partial charge in [0.05, 0.1) is 11.0 Å². The fourth-order valence-electron chi connectivity index (χ4n) is 1.91. The second-order valence-electron chi connectivity index (χ2n) is 4.07. The number of nitrogens with one attached hydrogen (secondary N) is 1. The van der Waals surface area contributed by atoms with Crippen LogP contribution < -0.4 is 0 Å². The van der Waals surface area contributed by atoms with Gasteiger partial charge in [0, 0.05) is 5.56 Å². The predicted octanol–water partition coefficient (Wildman–Crippen LogP) is 3.38. The molecule has 20 heavy (non-hydrogen) atoms. The van der Waals surface area contributed by atoms with Gasteiger partial charge in [0.25, 0.3) is 0 Å². The molecule has 3 N–H and O–H groups in total. The molecule has 0 saturated heterocycles. The van der Waals surface area contributed by atoms with E-state index in [-0.39, 0.29) is 0 Å². The third-order valence-electron chi connectivity index (χ3n) is 2.81. The summed E-state index contributed by atoms with van der Waals surface area (Å²) in [7, 11) is 9.84. The van der Waals surface area contributed by atoms with E-state index >= 15 is 0 Å². The number of hydrogen-bond acceptors (Lipinski definition) is 1. The van der Waals surface area contributed by atoms with Crippen molar-refractivity contribution in [1.82, 2.24) is 9.97 Å². The first-order valence-corrected chi connectivity index (χ1v) is 12.4. The Morgan fingerprint density at radius 2 is 1.60 bits per heavy atom. The standard InChI is InChI=1S/C14H12N2O.2ClH.Ga/c17-13(10-6-2-1-3-7-10)14-15-11-8-4-5-9-12(11)16-14;;;/h1-9,13,17H,(H,15,16);2*1H;/q;;;+2/p-1. The summed E-state index contributed by atoms with van der Waals surface area (Å²) in [5.74, 6) is 0.692. The Bertz CT molecular complexity index is 627. The van der Waals surface area contributed by atoms with Crippen molar-refractivity contribution in [3.63, 3.8) is 0 Å². The molecule has 1 unspecified atom stereocenters. The molecule has 101 valence electrons. The molecular weight excluding hydrogens is 353 g/mol.